The van der Waals surface area contributed by atoms with E-state index in [1.54, 1.807) is 0 Å². The fraction of sp³-hybridized carbons (Fsp3) is 1.00. The third-order valence-electron chi connectivity index (χ3n) is 3.17. The molecule has 0 heterocycles. The van der Waals surface area contributed by atoms with Crippen LogP contribution in [0.15, 0.2) is 0 Å². The van der Waals surface area contributed by atoms with Gasteiger partial charge in [0.05, 0.1) is 0 Å². The SMILES string of the molecule is CCCN(CC1(CN)CC1)C(C)C. The summed E-state index contributed by atoms with van der Waals surface area (Å²) in [5, 5.41) is 0. The number of nitrogens with zero attached hydrogens (tertiary/aromatic N) is 1. The highest BCUT2D eigenvalue weighted by atomic mass is 15.2. The molecule has 13 heavy (non-hydrogen) atoms. The highest BCUT2D eigenvalue weighted by molar-refractivity contribution is 4.96. The molecule has 0 spiro atoms. The zero-order valence-corrected chi connectivity index (χ0v) is 9.34. The molecule has 0 amide bonds. The molecule has 1 fully saturated rings. The Hall–Kier alpha value is -0.0800. The van der Waals surface area contributed by atoms with Crippen molar-refractivity contribution in [2.75, 3.05) is 19.6 Å². The molecule has 0 atom stereocenters. The second-order valence-corrected chi connectivity index (χ2v) is 4.77. The molecule has 1 rings (SSSR count). The molecule has 0 aromatic heterocycles. The summed E-state index contributed by atoms with van der Waals surface area (Å²) in [6.45, 7) is 10.1. The molecule has 0 aromatic rings. The van der Waals surface area contributed by atoms with Gasteiger partial charge < -0.3 is 10.6 Å². The van der Waals surface area contributed by atoms with Gasteiger partial charge in [-0.25, -0.2) is 0 Å². The smallest absolute Gasteiger partial charge is 0.00528 e. The fourth-order valence-electron chi connectivity index (χ4n) is 1.84. The van der Waals surface area contributed by atoms with Crippen molar-refractivity contribution in [3.8, 4) is 0 Å². The van der Waals surface area contributed by atoms with Gasteiger partial charge in [0, 0.05) is 12.6 Å². The molecule has 2 nitrogen and oxygen atoms in total. The van der Waals surface area contributed by atoms with Crippen molar-refractivity contribution < 1.29 is 0 Å². The Kier molecular flexibility index (Phi) is 3.74. The van der Waals surface area contributed by atoms with Gasteiger partial charge >= 0.3 is 0 Å². The summed E-state index contributed by atoms with van der Waals surface area (Å²) in [5.74, 6) is 0. The minimum Gasteiger partial charge on any atom is -0.330 e. The van der Waals surface area contributed by atoms with Crippen LogP contribution in [0.1, 0.15) is 40.0 Å². The Morgan fingerprint density at radius 2 is 2.00 bits per heavy atom. The molecular weight excluding hydrogens is 160 g/mol. The third kappa shape index (κ3) is 2.96. The topological polar surface area (TPSA) is 29.3 Å². The first-order valence-corrected chi connectivity index (χ1v) is 5.57. The first kappa shape index (κ1) is 11.0. The van der Waals surface area contributed by atoms with E-state index in [2.05, 4.69) is 25.7 Å². The second kappa shape index (κ2) is 4.43. The summed E-state index contributed by atoms with van der Waals surface area (Å²) >= 11 is 0. The van der Waals surface area contributed by atoms with Gasteiger partial charge in [0.15, 0.2) is 0 Å². The maximum absolute atomic E-state index is 5.79. The number of rotatable bonds is 6. The van der Waals surface area contributed by atoms with Gasteiger partial charge in [-0.05, 0) is 51.6 Å². The van der Waals surface area contributed by atoms with Crippen LogP contribution in [0, 0.1) is 5.41 Å². The zero-order valence-electron chi connectivity index (χ0n) is 9.34. The molecule has 2 N–H and O–H groups in total. The molecular formula is C11H24N2. The molecule has 2 heteroatoms. The average Bonchev–Trinajstić information content (AvgIpc) is 2.85. The van der Waals surface area contributed by atoms with Crippen LogP contribution in [0.2, 0.25) is 0 Å². The molecule has 78 valence electrons. The van der Waals surface area contributed by atoms with E-state index in [-0.39, 0.29) is 0 Å². The highest BCUT2D eigenvalue weighted by Gasteiger charge is 2.42. The van der Waals surface area contributed by atoms with Crippen LogP contribution in [0.25, 0.3) is 0 Å². The summed E-state index contributed by atoms with van der Waals surface area (Å²) in [4.78, 5) is 2.57. The fourth-order valence-corrected chi connectivity index (χ4v) is 1.84. The first-order chi connectivity index (χ1) is 6.13. The van der Waals surface area contributed by atoms with Crippen LogP contribution in [0.4, 0.5) is 0 Å². The standard InChI is InChI=1S/C11H24N2/c1-4-7-13(10(2)3)9-11(8-12)5-6-11/h10H,4-9,12H2,1-3H3. The van der Waals surface area contributed by atoms with E-state index in [0.717, 1.165) is 6.54 Å². The van der Waals surface area contributed by atoms with Gasteiger partial charge in [-0.2, -0.15) is 0 Å². The van der Waals surface area contributed by atoms with Gasteiger partial charge in [-0.3, -0.25) is 0 Å². The lowest BCUT2D eigenvalue weighted by Gasteiger charge is -2.29. The van der Waals surface area contributed by atoms with Crippen molar-refractivity contribution in [1.82, 2.24) is 4.90 Å². The highest BCUT2D eigenvalue weighted by Crippen LogP contribution is 2.45. The minimum absolute atomic E-state index is 0.499. The van der Waals surface area contributed by atoms with Crippen molar-refractivity contribution in [3.63, 3.8) is 0 Å². The Morgan fingerprint density at radius 1 is 1.38 bits per heavy atom. The van der Waals surface area contributed by atoms with E-state index < -0.39 is 0 Å². The normalized spacial score (nSPS) is 19.8. The lowest BCUT2D eigenvalue weighted by atomic mass is 10.1. The molecule has 0 unspecified atom stereocenters. The van der Waals surface area contributed by atoms with Crippen molar-refractivity contribution >= 4 is 0 Å². The van der Waals surface area contributed by atoms with Crippen LogP contribution in [-0.2, 0) is 0 Å². The summed E-state index contributed by atoms with van der Waals surface area (Å²) in [6.07, 6.45) is 3.94. The summed E-state index contributed by atoms with van der Waals surface area (Å²) in [6, 6.07) is 0.670. The van der Waals surface area contributed by atoms with E-state index in [0.29, 0.717) is 11.5 Å². The molecule has 0 saturated heterocycles. The summed E-state index contributed by atoms with van der Waals surface area (Å²) < 4.78 is 0. The number of hydrogen-bond acceptors (Lipinski definition) is 2. The van der Waals surface area contributed by atoms with Crippen molar-refractivity contribution in [3.05, 3.63) is 0 Å². The van der Waals surface area contributed by atoms with E-state index in [1.807, 2.05) is 0 Å². The Balaban J connectivity index is 2.38. The molecule has 1 aliphatic carbocycles. The maximum Gasteiger partial charge on any atom is 0.00528 e. The Bertz CT molecular complexity index is 150. The van der Waals surface area contributed by atoms with Crippen LogP contribution in [0.5, 0.6) is 0 Å². The van der Waals surface area contributed by atoms with E-state index in [4.69, 9.17) is 5.73 Å². The van der Waals surface area contributed by atoms with Gasteiger partial charge in [-0.1, -0.05) is 6.92 Å². The maximum atomic E-state index is 5.79. The van der Waals surface area contributed by atoms with Crippen molar-refractivity contribution in [1.29, 1.82) is 0 Å². The first-order valence-electron chi connectivity index (χ1n) is 5.57. The third-order valence-corrected chi connectivity index (χ3v) is 3.17. The lowest BCUT2D eigenvalue weighted by molar-refractivity contribution is 0.180. The monoisotopic (exact) mass is 184 g/mol. The van der Waals surface area contributed by atoms with Gasteiger partial charge in [0.2, 0.25) is 0 Å². The van der Waals surface area contributed by atoms with E-state index in [1.165, 1.54) is 32.4 Å². The van der Waals surface area contributed by atoms with E-state index in [9.17, 15) is 0 Å². The number of nitrogens with two attached hydrogens (primary N) is 1. The second-order valence-electron chi connectivity index (χ2n) is 4.77. The zero-order chi connectivity index (χ0) is 9.90. The summed E-state index contributed by atoms with van der Waals surface area (Å²) in [7, 11) is 0. The lowest BCUT2D eigenvalue weighted by Crippen LogP contribution is -2.39. The minimum atomic E-state index is 0.499. The average molecular weight is 184 g/mol. The van der Waals surface area contributed by atoms with E-state index >= 15 is 0 Å². The Morgan fingerprint density at radius 3 is 2.31 bits per heavy atom. The quantitative estimate of drug-likeness (QED) is 0.682. The van der Waals surface area contributed by atoms with Gasteiger partial charge in [0.25, 0.3) is 0 Å². The van der Waals surface area contributed by atoms with Gasteiger partial charge in [0.1, 0.15) is 0 Å². The molecule has 0 aromatic carbocycles. The predicted octanol–water partition coefficient (Wildman–Crippen LogP) is 1.85. The summed E-state index contributed by atoms with van der Waals surface area (Å²) in [5.41, 5.74) is 6.29. The van der Waals surface area contributed by atoms with Crippen LogP contribution in [-0.4, -0.2) is 30.6 Å². The molecule has 0 bridgehead atoms. The number of hydrogen-bond donors (Lipinski definition) is 1. The molecule has 0 aliphatic heterocycles. The van der Waals surface area contributed by atoms with Crippen molar-refractivity contribution in [2.45, 2.75) is 46.1 Å². The Labute approximate surface area is 82.5 Å². The largest absolute Gasteiger partial charge is 0.330 e. The van der Waals surface area contributed by atoms with Crippen LogP contribution in [0.3, 0.4) is 0 Å². The van der Waals surface area contributed by atoms with Crippen molar-refractivity contribution in [2.24, 2.45) is 11.1 Å². The van der Waals surface area contributed by atoms with Crippen LogP contribution < -0.4 is 5.73 Å². The molecule has 1 aliphatic rings. The molecule has 1 saturated carbocycles. The predicted molar refractivity (Wildman–Crippen MR) is 57.7 cm³/mol. The van der Waals surface area contributed by atoms with Gasteiger partial charge in [-0.15, -0.1) is 0 Å². The van der Waals surface area contributed by atoms with Crippen LogP contribution >= 0.6 is 0 Å². The molecule has 0 radical (unpaired) electrons.